The standard InChI is InChI=1S/C17H25N5O2/c1-13(2)8-9-18-16-12-20-22-17(21-16)19-10-11-24-15-6-4-14(23-3)5-7-15/h4-7,12-13H,8-11H2,1-3H3,(H2,18,19,21,22). The quantitative estimate of drug-likeness (QED) is 0.648. The minimum atomic E-state index is 0.489. The summed E-state index contributed by atoms with van der Waals surface area (Å²) in [6.45, 7) is 6.34. The van der Waals surface area contributed by atoms with Crippen LogP contribution in [0.25, 0.3) is 0 Å². The normalized spacial score (nSPS) is 10.5. The van der Waals surface area contributed by atoms with Gasteiger partial charge in [0.25, 0.3) is 0 Å². The third kappa shape index (κ3) is 6.28. The molecular formula is C17H25N5O2. The predicted molar refractivity (Wildman–Crippen MR) is 94.8 cm³/mol. The highest BCUT2D eigenvalue weighted by molar-refractivity contribution is 5.36. The Morgan fingerprint density at radius 3 is 2.50 bits per heavy atom. The monoisotopic (exact) mass is 331 g/mol. The van der Waals surface area contributed by atoms with Gasteiger partial charge in [0.15, 0.2) is 0 Å². The van der Waals surface area contributed by atoms with Crippen molar-refractivity contribution in [3.8, 4) is 11.5 Å². The molecule has 0 aliphatic rings. The van der Waals surface area contributed by atoms with E-state index < -0.39 is 0 Å². The maximum Gasteiger partial charge on any atom is 0.244 e. The number of anilines is 2. The van der Waals surface area contributed by atoms with Crippen molar-refractivity contribution in [3.63, 3.8) is 0 Å². The van der Waals surface area contributed by atoms with E-state index in [2.05, 4.69) is 39.7 Å². The molecule has 2 rings (SSSR count). The second-order valence-electron chi connectivity index (χ2n) is 5.73. The lowest BCUT2D eigenvalue weighted by Crippen LogP contribution is -2.15. The summed E-state index contributed by atoms with van der Waals surface area (Å²) >= 11 is 0. The van der Waals surface area contributed by atoms with E-state index >= 15 is 0 Å². The molecule has 0 unspecified atom stereocenters. The molecule has 1 heterocycles. The summed E-state index contributed by atoms with van der Waals surface area (Å²) in [6.07, 6.45) is 2.71. The number of hydrogen-bond donors (Lipinski definition) is 2. The van der Waals surface area contributed by atoms with Crippen LogP contribution in [0.15, 0.2) is 30.5 Å². The van der Waals surface area contributed by atoms with Crippen LogP contribution in [0.1, 0.15) is 20.3 Å². The molecule has 24 heavy (non-hydrogen) atoms. The highest BCUT2D eigenvalue weighted by atomic mass is 16.5. The fourth-order valence-corrected chi connectivity index (χ4v) is 1.96. The van der Waals surface area contributed by atoms with Crippen molar-refractivity contribution in [1.29, 1.82) is 0 Å². The van der Waals surface area contributed by atoms with Crippen LogP contribution in [0.5, 0.6) is 11.5 Å². The average molecular weight is 331 g/mol. The summed E-state index contributed by atoms with van der Waals surface area (Å²) in [5, 5.41) is 14.3. The number of aromatic nitrogens is 3. The minimum absolute atomic E-state index is 0.489. The highest BCUT2D eigenvalue weighted by Gasteiger charge is 2.01. The van der Waals surface area contributed by atoms with Crippen molar-refractivity contribution in [3.05, 3.63) is 30.5 Å². The SMILES string of the molecule is COc1ccc(OCCNc2nncc(NCCC(C)C)n2)cc1. The number of nitrogens with one attached hydrogen (secondary N) is 2. The third-order valence-corrected chi connectivity index (χ3v) is 3.30. The molecular weight excluding hydrogens is 306 g/mol. The fourth-order valence-electron chi connectivity index (χ4n) is 1.96. The van der Waals surface area contributed by atoms with Gasteiger partial charge in [-0.3, -0.25) is 0 Å². The van der Waals surface area contributed by atoms with Crippen LogP contribution in [0, 0.1) is 5.92 Å². The topological polar surface area (TPSA) is 81.2 Å². The zero-order valence-electron chi connectivity index (χ0n) is 14.5. The van der Waals surface area contributed by atoms with Gasteiger partial charge in [0, 0.05) is 6.54 Å². The highest BCUT2D eigenvalue weighted by Crippen LogP contribution is 2.16. The van der Waals surface area contributed by atoms with Gasteiger partial charge in [-0.25, -0.2) is 0 Å². The second-order valence-corrected chi connectivity index (χ2v) is 5.73. The van der Waals surface area contributed by atoms with Crippen LogP contribution in [0.3, 0.4) is 0 Å². The van der Waals surface area contributed by atoms with Crippen LogP contribution < -0.4 is 20.1 Å². The van der Waals surface area contributed by atoms with E-state index in [1.165, 1.54) is 0 Å². The van der Waals surface area contributed by atoms with Gasteiger partial charge in [-0.05, 0) is 36.6 Å². The lowest BCUT2D eigenvalue weighted by molar-refractivity contribution is 0.331. The smallest absolute Gasteiger partial charge is 0.244 e. The Balaban J connectivity index is 1.71. The van der Waals surface area contributed by atoms with E-state index in [1.54, 1.807) is 13.3 Å². The molecule has 0 saturated carbocycles. The summed E-state index contributed by atoms with van der Waals surface area (Å²) < 4.78 is 10.7. The Morgan fingerprint density at radius 1 is 1.04 bits per heavy atom. The van der Waals surface area contributed by atoms with Crippen LogP contribution >= 0.6 is 0 Å². The maximum atomic E-state index is 5.64. The Kier molecular flexibility index (Phi) is 7.07. The van der Waals surface area contributed by atoms with E-state index in [0.29, 0.717) is 25.0 Å². The molecule has 7 nitrogen and oxygen atoms in total. The number of rotatable bonds is 10. The van der Waals surface area contributed by atoms with E-state index in [1.807, 2.05) is 24.3 Å². The molecule has 0 aliphatic carbocycles. The third-order valence-electron chi connectivity index (χ3n) is 3.30. The van der Waals surface area contributed by atoms with Crippen molar-refractivity contribution in [2.75, 3.05) is 37.4 Å². The first-order chi connectivity index (χ1) is 11.7. The van der Waals surface area contributed by atoms with E-state index in [-0.39, 0.29) is 0 Å². The first kappa shape index (κ1) is 17.8. The predicted octanol–water partition coefficient (Wildman–Crippen LogP) is 2.83. The zero-order valence-corrected chi connectivity index (χ0v) is 14.5. The number of benzene rings is 1. The average Bonchev–Trinajstić information content (AvgIpc) is 2.59. The second kappa shape index (κ2) is 9.54. The minimum Gasteiger partial charge on any atom is -0.497 e. The summed E-state index contributed by atoms with van der Waals surface area (Å²) in [5.74, 6) is 3.47. The summed E-state index contributed by atoms with van der Waals surface area (Å²) in [4.78, 5) is 4.37. The van der Waals surface area contributed by atoms with Crippen LogP contribution in [-0.2, 0) is 0 Å². The first-order valence-electron chi connectivity index (χ1n) is 8.11. The lowest BCUT2D eigenvalue weighted by Gasteiger charge is -2.10. The number of hydrogen-bond acceptors (Lipinski definition) is 7. The molecule has 7 heteroatoms. The fraction of sp³-hybridized carbons (Fsp3) is 0.471. The van der Waals surface area contributed by atoms with Gasteiger partial charge in [0.05, 0.1) is 19.9 Å². The van der Waals surface area contributed by atoms with Crippen molar-refractivity contribution in [2.24, 2.45) is 5.92 Å². The Hall–Kier alpha value is -2.57. The van der Waals surface area contributed by atoms with Crippen LogP contribution in [0.2, 0.25) is 0 Å². The molecule has 0 spiro atoms. The Bertz CT molecular complexity index is 604. The molecule has 0 amide bonds. The molecule has 1 aromatic heterocycles. The molecule has 2 aromatic rings. The number of methoxy groups -OCH3 is 1. The van der Waals surface area contributed by atoms with Crippen molar-refractivity contribution < 1.29 is 9.47 Å². The maximum absolute atomic E-state index is 5.64. The largest absolute Gasteiger partial charge is 0.497 e. The molecule has 0 fully saturated rings. The zero-order chi connectivity index (χ0) is 17.2. The molecule has 0 aliphatic heterocycles. The van der Waals surface area contributed by atoms with Crippen LogP contribution in [0.4, 0.5) is 11.8 Å². The molecule has 130 valence electrons. The van der Waals surface area contributed by atoms with Crippen LogP contribution in [-0.4, -0.2) is 42.0 Å². The number of nitrogens with zero attached hydrogens (tertiary/aromatic N) is 3. The number of ether oxygens (including phenoxy) is 2. The summed E-state index contributed by atoms with van der Waals surface area (Å²) in [7, 11) is 1.64. The van der Waals surface area contributed by atoms with Gasteiger partial charge in [0.1, 0.15) is 23.9 Å². The van der Waals surface area contributed by atoms with E-state index in [9.17, 15) is 0 Å². The molecule has 0 bridgehead atoms. The summed E-state index contributed by atoms with van der Waals surface area (Å²) in [6, 6.07) is 7.47. The van der Waals surface area contributed by atoms with Gasteiger partial charge >= 0.3 is 0 Å². The van der Waals surface area contributed by atoms with Crippen molar-refractivity contribution in [1.82, 2.24) is 15.2 Å². The lowest BCUT2D eigenvalue weighted by atomic mass is 10.1. The molecule has 0 radical (unpaired) electrons. The van der Waals surface area contributed by atoms with Gasteiger partial charge in [0.2, 0.25) is 5.95 Å². The summed E-state index contributed by atoms with van der Waals surface area (Å²) in [5.41, 5.74) is 0. The molecule has 1 aromatic carbocycles. The van der Waals surface area contributed by atoms with E-state index in [0.717, 1.165) is 30.3 Å². The van der Waals surface area contributed by atoms with Gasteiger partial charge in [-0.15, -0.1) is 5.10 Å². The van der Waals surface area contributed by atoms with Gasteiger partial charge < -0.3 is 20.1 Å². The first-order valence-corrected chi connectivity index (χ1v) is 8.11. The van der Waals surface area contributed by atoms with Crippen molar-refractivity contribution in [2.45, 2.75) is 20.3 Å². The van der Waals surface area contributed by atoms with Crippen molar-refractivity contribution >= 4 is 11.8 Å². The Labute approximate surface area is 142 Å². The van der Waals surface area contributed by atoms with Gasteiger partial charge in [-0.2, -0.15) is 10.1 Å². The molecule has 0 atom stereocenters. The van der Waals surface area contributed by atoms with E-state index in [4.69, 9.17) is 9.47 Å². The Morgan fingerprint density at radius 2 is 1.79 bits per heavy atom. The van der Waals surface area contributed by atoms with Gasteiger partial charge in [-0.1, -0.05) is 13.8 Å². The molecule has 0 saturated heterocycles. The molecule has 2 N–H and O–H groups in total.